The number of carboxylic acid groups (broad SMARTS) is 1. The number of hydrogen-bond donors (Lipinski definition) is 2. The molecule has 1 saturated carbocycles. The summed E-state index contributed by atoms with van der Waals surface area (Å²) in [6.45, 7) is 2.74. The zero-order chi connectivity index (χ0) is 13.4. The summed E-state index contributed by atoms with van der Waals surface area (Å²) in [5, 5.41) is 8.81. The van der Waals surface area contributed by atoms with E-state index < -0.39 is 5.97 Å². The van der Waals surface area contributed by atoms with E-state index in [2.05, 4.69) is 6.92 Å². The second-order valence-electron chi connectivity index (χ2n) is 6.12. The fourth-order valence-corrected chi connectivity index (χ4v) is 3.19. The van der Waals surface area contributed by atoms with Crippen molar-refractivity contribution >= 4 is 5.97 Å². The van der Waals surface area contributed by atoms with Crippen molar-refractivity contribution < 1.29 is 9.90 Å². The van der Waals surface area contributed by atoms with E-state index in [0.29, 0.717) is 12.5 Å². The van der Waals surface area contributed by atoms with Gasteiger partial charge in [0, 0.05) is 6.42 Å². The Morgan fingerprint density at radius 3 is 2.56 bits per heavy atom. The van der Waals surface area contributed by atoms with Crippen LogP contribution in [-0.2, 0) is 4.79 Å². The smallest absolute Gasteiger partial charge is 0.303 e. The summed E-state index contributed by atoms with van der Waals surface area (Å²) in [4.78, 5) is 10.7. The molecule has 0 aromatic carbocycles. The SMILES string of the molecule is CC(CCC1CCCCC1)C[C@H](CN)CC(=O)O. The van der Waals surface area contributed by atoms with E-state index in [-0.39, 0.29) is 12.3 Å². The maximum atomic E-state index is 10.7. The van der Waals surface area contributed by atoms with Crippen molar-refractivity contribution in [2.45, 2.75) is 64.7 Å². The average Bonchev–Trinajstić information content (AvgIpc) is 2.36. The summed E-state index contributed by atoms with van der Waals surface area (Å²) in [5.41, 5.74) is 5.64. The van der Waals surface area contributed by atoms with Gasteiger partial charge in [-0.15, -0.1) is 0 Å². The lowest BCUT2D eigenvalue weighted by Crippen LogP contribution is -2.20. The van der Waals surface area contributed by atoms with Gasteiger partial charge in [0.15, 0.2) is 0 Å². The van der Waals surface area contributed by atoms with Gasteiger partial charge in [-0.1, -0.05) is 51.9 Å². The molecule has 0 radical (unpaired) electrons. The Balaban J connectivity index is 2.18. The topological polar surface area (TPSA) is 63.3 Å². The van der Waals surface area contributed by atoms with Crippen molar-refractivity contribution in [3.05, 3.63) is 0 Å². The maximum Gasteiger partial charge on any atom is 0.303 e. The highest BCUT2D eigenvalue weighted by Crippen LogP contribution is 2.30. The highest BCUT2D eigenvalue weighted by molar-refractivity contribution is 5.67. The summed E-state index contributed by atoms with van der Waals surface area (Å²) in [6.07, 6.45) is 10.8. The molecule has 1 fully saturated rings. The third kappa shape index (κ3) is 6.39. The molecule has 0 amide bonds. The molecule has 1 unspecified atom stereocenters. The largest absolute Gasteiger partial charge is 0.481 e. The van der Waals surface area contributed by atoms with Gasteiger partial charge in [-0.25, -0.2) is 0 Å². The van der Waals surface area contributed by atoms with Crippen LogP contribution in [0.25, 0.3) is 0 Å². The summed E-state index contributed by atoms with van der Waals surface area (Å²) in [6, 6.07) is 0. The zero-order valence-electron chi connectivity index (χ0n) is 11.7. The second kappa shape index (κ2) is 8.52. The van der Waals surface area contributed by atoms with E-state index in [0.717, 1.165) is 12.3 Å². The van der Waals surface area contributed by atoms with Gasteiger partial charge >= 0.3 is 5.97 Å². The molecule has 0 aliphatic heterocycles. The van der Waals surface area contributed by atoms with Crippen LogP contribution in [0.15, 0.2) is 0 Å². The number of aliphatic carboxylic acids is 1. The van der Waals surface area contributed by atoms with Crippen LogP contribution >= 0.6 is 0 Å². The molecule has 3 nitrogen and oxygen atoms in total. The standard InChI is InChI=1S/C15H29NO2/c1-12(9-14(11-16)10-15(17)18)7-8-13-5-3-2-4-6-13/h12-14H,2-11,16H2,1H3,(H,17,18)/t12?,14-/m0/s1. The van der Waals surface area contributed by atoms with E-state index in [1.807, 2.05) is 0 Å². The highest BCUT2D eigenvalue weighted by atomic mass is 16.4. The lowest BCUT2D eigenvalue weighted by molar-refractivity contribution is -0.138. The molecule has 0 heterocycles. The molecule has 0 aromatic rings. The number of rotatable bonds is 8. The van der Waals surface area contributed by atoms with Gasteiger partial charge < -0.3 is 10.8 Å². The molecule has 3 heteroatoms. The van der Waals surface area contributed by atoms with E-state index in [1.54, 1.807) is 0 Å². The fraction of sp³-hybridized carbons (Fsp3) is 0.933. The number of hydrogen-bond acceptors (Lipinski definition) is 2. The van der Waals surface area contributed by atoms with Crippen LogP contribution in [-0.4, -0.2) is 17.6 Å². The van der Waals surface area contributed by atoms with Crippen LogP contribution in [0.5, 0.6) is 0 Å². The molecule has 1 aliphatic carbocycles. The third-order valence-electron chi connectivity index (χ3n) is 4.32. The van der Waals surface area contributed by atoms with E-state index in [1.165, 1.54) is 44.9 Å². The first-order chi connectivity index (χ1) is 8.61. The average molecular weight is 255 g/mol. The monoisotopic (exact) mass is 255 g/mol. The van der Waals surface area contributed by atoms with Gasteiger partial charge in [0.1, 0.15) is 0 Å². The van der Waals surface area contributed by atoms with Crippen molar-refractivity contribution in [2.75, 3.05) is 6.54 Å². The number of carboxylic acids is 1. The maximum absolute atomic E-state index is 10.7. The van der Waals surface area contributed by atoms with E-state index in [9.17, 15) is 4.79 Å². The first-order valence-corrected chi connectivity index (χ1v) is 7.53. The normalized spacial score (nSPS) is 20.6. The van der Waals surface area contributed by atoms with Crippen LogP contribution in [0.3, 0.4) is 0 Å². The van der Waals surface area contributed by atoms with Crippen molar-refractivity contribution in [1.82, 2.24) is 0 Å². The minimum atomic E-state index is -0.718. The molecule has 1 aliphatic rings. The predicted molar refractivity (Wildman–Crippen MR) is 74.4 cm³/mol. The molecule has 1 rings (SSSR count). The number of carbonyl (C=O) groups is 1. The second-order valence-corrected chi connectivity index (χ2v) is 6.12. The highest BCUT2D eigenvalue weighted by Gasteiger charge is 2.18. The molecule has 0 saturated heterocycles. The lowest BCUT2D eigenvalue weighted by atomic mass is 9.82. The van der Waals surface area contributed by atoms with Gasteiger partial charge in [-0.2, -0.15) is 0 Å². The van der Waals surface area contributed by atoms with Gasteiger partial charge in [0.25, 0.3) is 0 Å². The molecule has 0 aromatic heterocycles. The molecule has 0 spiro atoms. The van der Waals surface area contributed by atoms with Crippen LogP contribution in [0.1, 0.15) is 64.7 Å². The first-order valence-electron chi connectivity index (χ1n) is 7.53. The molecule has 106 valence electrons. The Morgan fingerprint density at radius 1 is 1.33 bits per heavy atom. The van der Waals surface area contributed by atoms with Crippen molar-refractivity contribution in [3.63, 3.8) is 0 Å². The van der Waals surface area contributed by atoms with Gasteiger partial charge in [0.2, 0.25) is 0 Å². The molecular weight excluding hydrogens is 226 g/mol. The minimum Gasteiger partial charge on any atom is -0.481 e. The molecule has 18 heavy (non-hydrogen) atoms. The van der Waals surface area contributed by atoms with Crippen molar-refractivity contribution in [3.8, 4) is 0 Å². The Morgan fingerprint density at radius 2 is 2.00 bits per heavy atom. The summed E-state index contributed by atoms with van der Waals surface area (Å²) < 4.78 is 0. The van der Waals surface area contributed by atoms with E-state index in [4.69, 9.17) is 10.8 Å². The number of nitrogens with two attached hydrogens (primary N) is 1. The Hall–Kier alpha value is -0.570. The first kappa shape index (κ1) is 15.5. The molecule has 0 bridgehead atoms. The van der Waals surface area contributed by atoms with Crippen molar-refractivity contribution in [1.29, 1.82) is 0 Å². The summed E-state index contributed by atoms with van der Waals surface area (Å²) >= 11 is 0. The third-order valence-corrected chi connectivity index (χ3v) is 4.32. The fourth-order valence-electron chi connectivity index (χ4n) is 3.19. The van der Waals surface area contributed by atoms with Crippen LogP contribution < -0.4 is 5.73 Å². The summed E-state index contributed by atoms with van der Waals surface area (Å²) in [7, 11) is 0. The van der Waals surface area contributed by atoms with Crippen molar-refractivity contribution in [2.24, 2.45) is 23.5 Å². The minimum absolute atomic E-state index is 0.156. The Bertz CT molecular complexity index is 237. The van der Waals surface area contributed by atoms with Gasteiger partial charge in [-0.3, -0.25) is 4.79 Å². The molecule has 3 N–H and O–H groups in total. The van der Waals surface area contributed by atoms with E-state index >= 15 is 0 Å². The molecular formula is C15H29NO2. The van der Waals surface area contributed by atoms with Crippen LogP contribution in [0.2, 0.25) is 0 Å². The zero-order valence-corrected chi connectivity index (χ0v) is 11.7. The predicted octanol–water partition coefficient (Wildman–Crippen LogP) is 3.42. The summed E-state index contributed by atoms with van der Waals surface area (Å²) in [5.74, 6) is 0.977. The van der Waals surface area contributed by atoms with Gasteiger partial charge in [-0.05, 0) is 30.7 Å². The Kier molecular flexibility index (Phi) is 7.33. The van der Waals surface area contributed by atoms with Gasteiger partial charge in [0.05, 0.1) is 0 Å². The lowest BCUT2D eigenvalue weighted by Gasteiger charge is -2.24. The molecule has 2 atom stereocenters. The quantitative estimate of drug-likeness (QED) is 0.698. The Labute approximate surface area is 111 Å². The van der Waals surface area contributed by atoms with Crippen LogP contribution in [0.4, 0.5) is 0 Å². The van der Waals surface area contributed by atoms with Crippen LogP contribution in [0, 0.1) is 17.8 Å².